The summed E-state index contributed by atoms with van der Waals surface area (Å²) in [6, 6.07) is 0. The van der Waals surface area contributed by atoms with Crippen molar-refractivity contribution in [1.82, 2.24) is 5.43 Å². The molecule has 0 aliphatic heterocycles. The SMILES string of the molecule is NNC[C@@H]1CCCCC[C@@H]1O. The van der Waals surface area contributed by atoms with Gasteiger partial charge in [-0.05, 0) is 18.8 Å². The average molecular weight is 158 g/mol. The topological polar surface area (TPSA) is 58.3 Å². The van der Waals surface area contributed by atoms with E-state index < -0.39 is 0 Å². The Labute approximate surface area is 67.9 Å². The first kappa shape index (κ1) is 8.97. The van der Waals surface area contributed by atoms with Gasteiger partial charge in [-0.2, -0.15) is 0 Å². The third kappa shape index (κ3) is 2.77. The van der Waals surface area contributed by atoms with Crippen LogP contribution >= 0.6 is 0 Å². The molecule has 0 aromatic rings. The minimum Gasteiger partial charge on any atom is -0.393 e. The molecule has 4 N–H and O–H groups in total. The molecule has 3 heteroatoms. The van der Waals surface area contributed by atoms with Gasteiger partial charge in [0.15, 0.2) is 0 Å². The second kappa shape index (κ2) is 4.70. The van der Waals surface area contributed by atoms with Crippen LogP contribution in [0.25, 0.3) is 0 Å². The van der Waals surface area contributed by atoms with Crippen molar-refractivity contribution in [2.24, 2.45) is 11.8 Å². The summed E-state index contributed by atoms with van der Waals surface area (Å²) < 4.78 is 0. The molecule has 1 saturated carbocycles. The predicted molar refractivity (Wildman–Crippen MR) is 44.8 cm³/mol. The third-order valence-corrected chi connectivity index (χ3v) is 2.50. The summed E-state index contributed by atoms with van der Waals surface area (Å²) in [5, 5.41) is 9.58. The highest BCUT2D eigenvalue weighted by Gasteiger charge is 2.20. The summed E-state index contributed by atoms with van der Waals surface area (Å²) in [6.45, 7) is 0.751. The lowest BCUT2D eigenvalue weighted by Gasteiger charge is -2.18. The molecule has 0 unspecified atom stereocenters. The zero-order chi connectivity index (χ0) is 8.10. The van der Waals surface area contributed by atoms with Gasteiger partial charge < -0.3 is 5.11 Å². The second-order valence-corrected chi connectivity index (χ2v) is 3.37. The van der Waals surface area contributed by atoms with E-state index in [2.05, 4.69) is 5.43 Å². The van der Waals surface area contributed by atoms with Crippen molar-refractivity contribution in [1.29, 1.82) is 0 Å². The van der Waals surface area contributed by atoms with Gasteiger partial charge in [-0.25, -0.2) is 0 Å². The fraction of sp³-hybridized carbons (Fsp3) is 1.00. The monoisotopic (exact) mass is 158 g/mol. The number of nitrogens with one attached hydrogen (secondary N) is 1. The van der Waals surface area contributed by atoms with Gasteiger partial charge in [0.2, 0.25) is 0 Å². The fourth-order valence-corrected chi connectivity index (χ4v) is 1.75. The minimum atomic E-state index is -0.131. The maximum absolute atomic E-state index is 9.58. The lowest BCUT2D eigenvalue weighted by Crippen LogP contribution is -2.34. The summed E-state index contributed by atoms with van der Waals surface area (Å²) in [5.41, 5.74) is 2.64. The van der Waals surface area contributed by atoms with Crippen LogP contribution in [-0.2, 0) is 0 Å². The maximum atomic E-state index is 9.58. The van der Waals surface area contributed by atoms with Gasteiger partial charge in [-0.15, -0.1) is 0 Å². The highest BCUT2D eigenvalue weighted by molar-refractivity contribution is 4.73. The molecule has 0 spiro atoms. The molecule has 0 amide bonds. The summed E-state index contributed by atoms with van der Waals surface area (Å²) in [5.74, 6) is 5.59. The van der Waals surface area contributed by atoms with E-state index in [1.54, 1.807) is 0 Å². The summed E-state index contributed by atoms with van der Waals surface area (Å²) in [6.07, 6.45) is 5.61. The number of hydrogen-bond acceptors (Lipinski definition) is 3. The lowest BCUT2D eigenvalue weighted by molar-refractivity contribution is 0.100. The summed E-state index contributed by atoms with van der Waals surface area (Å²) in [7, 11) is 0. The van der Waals surface area contributed by atoms with Gasteiger partial charge in [-0.3, -0.25) is 11.3 Å². The number of hydrogen-bond donors (Lipinski definition) is 3. The third-order valence-electron chi connectivity index (χ3n) is 2.50. The van der Waals surface area contributed by atoms with Gasteiger partial charge in [0, 0.05) is 6.54 Å². The maximum Gasteiger partial charge on any atom is 0.0581 e. The van der Waals surface area contributed by atoms with Crippen molar-refractivity contribution in [2.45, 2.75) is 38.2 Å². The van der Waals surface area contributed by atoms with E-state index in [1.165, 1.54) is 19.3 Å². The Morgan fingerprint density at radius 1 is 1.27 bits per heavy atom. The Bertz CT molecular complexity index is 108. The molecule has 66 valence electrons. The number of aliphatic hydroxyl groups is 1. The molecule has 0 saturated heterocycles. The Hall–Kier alpha value is -0.120. The van der Waals surface area contributed by atoms with Crippen LogP contribution in [0, 0.1) is 5.92 Å². The van der Waals surface area contributed by atoms with Gasteiger partial charge in [0.05, 0.1) is 6.10 Å². The standard InChI is InChI=1S/C8H18N2O/c9-10-6-7-4-2-1-3-5-8(7)11/h7-8,10-11H,1-6,9H2/t7-,8-/m0/s1. The molecule has 11 heavy (non-hydrogen) atoms. The Kier molecular flexibility index (Phi) is 3.83. The Morgan fingerprint density at radius 3 is 2.73 bits per heavy atom. The summed E-state index contributed by atoms with van der Waals surface area (Å²) >= 11 is 0. The van der Waals surface area contributed by atoms with E-state index in [-0.39, 0.29) is 6.10 Å². The van der Waals surface area contributed by atoms with E-state index in [1.807, 2.05) is 0 Å². The van der Waals surface area contributed by atoms with Crippen LogP contribution < -0.4 is 11.3 Å². The number of rotatable bonds is 2. The van der Waals surface area contributed by atoms with Crippen LogP contribution in [0.1, 0.15) is 32.1 Å². The molecule has 0 bridgehead atoms. The smallest absolute Gasteiger partial charge is 0.0581 e. The van der Waals surface area contributed by atoms with E-state index in [9.17, 15) is 5.11 Å². The first-order chi connectivity index (χ1) is 5.34. The van der Waals surface area contributed by atoms with Crippen molar-refractivity contribution in [3.05, 3.63) is 0 Å². The predicted octanol–water partition coefficient (Wildman–Crippen LogP) is 0.391. The van der Waals surface area contributed by atoms with Crippen LogP contribution in [0.3, 0.4) is 0 Å². The molecule has 0 aromatic carbocycles. The van der Waals surface area contributed by atoms with Gasteiger partial charge in [0.1, 0.15) is 0 Å². The average Bonchev–Trinajstić information content (AvgIpc) is 2.18. The van der Waals surface area contributed by atoms with Crippen molar-refractivity contribution < 1.29 is 5.11 Å². The second-order valence-electron chi connectivity index (χ2n) is 3.37. The normalized spacial score (nSPS) is 33.3. The zero-order valence-electron chi connectivity index (χ0n) is 6.92. The van der Waals surface area contributed by atoms with E-state index in [0.29, 0.717) is 5.92 Å². The largest absolute Gasteiger partial charge is 0.393 e. The highest BCUT2D eigenvalue weighted by Crippen LogP contribution is 2.22. The van der Waals surface area contributed by atoms with E-state index in [4.69, 9.17) is 5.84 Å². The Balaban J connectivity index is 2.32. The molecule has 2 atom stereocenters. The van der Waals surface area contributed by atoms with Crippen molar-refractivity contribution >= 4 is 0 Å². The number of aliphatic hydroxyl groups excluding tert-OH is 1. The molecule has 1 aliphatic carbocycles. The summed E-state index contributed by atoms with van der Waals surface area (Å²) in [4.78, 5) is 0. The van der Waals surface area contributed by atoms with Crippen LogP contribution in [0.2, 0.25) is 0 Å². The fourth-order valence-electron chi connectivity index (χ4n) is 1.75. The molecule has 0 aromatic heterocycles. The molecule has 1 aliphatic rings. The number of hydrazine groups is 1. The van der Waals surface area contributed by atoms with Crippen LogP contribution in [-0.4, -0.2) is 17.8 Å². The molecule has 0 radical (unpaired) electrons. The van der Waals surface area contributed by atoms with Crippen LogP contribution in [0.4, 0.5) is 0 Å². The minimum absolute atomic E-state index is 0.131. The first-order valence-electron chi connectivity index (χ1n) is 4.46. The quantitative estimate of drug-likeness (QED) is 0.309. The molecular formula is C8H18N2O. The number of nitrogens with two attached hydrogens (primary N) is 1. The van der Waals surface area contributed by atoms with E-state index in [0.717, 1.165) is 19.4 Å². The molecule has 0 heterocycles. The highest BCUT2D eigenvalue weighted by atomic mass is 16.3. The van der Waals surface area contributed by atoms with Gasteiger partial charge in [-0.1, -0.05) is 19.3 Å². The van der Waals surface area contributed by atoms with Crippen molar-refractivity contribution in [3.8, 4) is 0 Å². The van der Waals surface area contributed by atoms with Gasteiger partial charge >= 0.3 is 0 Å². The van der Waals surface area contributed by atoms with Gasteiger partial charge in [0.25, 0.3) is 0 Å². The van der Waals surface area contributed by atoms with Crippen LogP contribution in [0.15, 0.2) is 0 Å². The molecule has 1 fully saturated rings. The van der Waals surface area contributed by atoms with E-state index >= 15 is 0 Å². The van der Waals surface area contributed by atoms with Crippen LogP contribution in [0.5, 0.6) is 0 Å². The Morgan fingerprint density at radius 2 is 2.00 bits per heavy atom. The molecule has 1 rings (SSSR count). The van der Waals surface area contributed by atoms with Crippen molar-refractivity contribution in [3.63, 3.8) is 0 Å². The molecule has 3 nitrogen and oxygen atoms in total. The van der Waals surface area contributed by atoms with Crippen molar-refractivity contribution in [2.75, 3.05) is 6.54 Å². The first-order valence-corrected chi connectivity index (χ1v) is 4.46. The zero-order valence-corrected chi connectivity index (χ0v) is 6.92. The lowest BCUT2D eigenvalue weighted by atomic mass is 9.98. The molecular weight excluding hydrogens is 140 g/mol.